The standard InChI is InChI=1S/C22H19BrClNO3/c1-15-19(24)8-5-9-20(15)25-22(26)16-10-11-21(18(23)14-16)28-13-12-27-17-6-3-2-4-7-17/h2-11,14H,12-13H2,1H3,(H,25,26). The van der Waals surface area contributed by atoms with E-state index in [9.17, 15) is 4.79 Å². The van der Waals surface area contributed by atoms with Crippen molar-refractivity contribution in [2.75, 3.05) is 18.5 Å². The molecule has 0 fully saturated rings. The van der Waals surface area contributed by atoms with E-state index in [1.54, 1.807) is 30.3 Å². The molecule has 0 aliphatic heterocycles. The summed E-state index contributed by atoms with van der Waals surface area (Å²) < 4.78 is 12.0. The lowest BCUT2D eigenvalue weighted by Crippen LogP contribution is -2.13. The highest BCUT2D eigenvalue weighted by atomic mass is 79.9. The first-order chi connectivity index (χ1) is 13.5. The van der Waals surface area contributed by atoms with Gasteiger partial charge in [0.2, 0.25) is 0 Å². The molecule has 3 rings (SSSR count). The Morgan fingerprint density at radius 3 is 2.50 bits per heavy atom. The molecule has 0 bridgehead atoms. The van der Waals surface area contributed by atoms with Crippen molar-refractivity contribution in [2.24, 2.45) is 0 Å². The van der Waals surface area contributed by atoms with E-state index in [4.69, 9.17) is 21.1 Å². The maximum atomic E-state index is 12.5. The van der Waals surface area contributed by atoms with Crippen LogP contribution in [-0.2, 0) is 0 Å². The van der Waals surface area contributed by atoms with Gasteiger partial charge in [-0.1, -0.05) is 35.9 Å². The van der Waals surface area contributed by atoms with Crippen LogP contribution in [0.5, 0.6) is 11.5 Å². The van der Waals surface area contributed by atoms with Gasteiger partial charge in [-0.3, -0.25) is 4.79 Å². The Bertz CT molecular complexity index is 963. The predicted octanol–water partition coefficient (Wildman–Crippen LogP) is 6.12. The van der Waals surface area contributed by atoms with Crippen molar-refractivity contribution in [3.05, 3.63) is 87.4 Å². The molecular formula is C22H19BrClNO3. The zero-order valence-corrected chi connectivity index (χ0v) is 17.6. The van der Waals surface area contributed by atoms with Crippen molar-refractivity contribution in [1.82, 2.24) is 0 Å². The van der Waals surface area contributed by atoms with Gasteiger partial charge in [0.05, 0.1) is 4.47 Å². The molecule has 3 aromatic rings. The Labute approximate surface area is 177 Å². The quantitative estimate of drug-likeness (QED) is 0.432. The molecule has 0 saturated carbocycles. The first-order valence-corrected chi connectivity index (χ1v) is 9.88. The largest absolute Gasteiger partial charge is 0.490 e. The first-order valence-electron chi connectivity index (χ1n) is 8.71. The molecule has 0 heterocycles. The predicted molar refractivity (Wildman–Crippen MR) is 116 cm³/mol. The van der Waals surface area contributed by atoms with E-state index < -0.39 is 0 Å². The van der Waals surface area contributed by atoms with Gasteiger partial charge in [0.15, 0.2) is 0 Å². The molecule has 1 amide bonds. The molecule has 0 radical (unpaired) electrons. The summed E-state index contributed by atoms with van der Waals surface area (Å²) in [6.45, 7) is 2.68. The summed E-state index contributed by atoms with van der Waals surface area (Å²) in [5.74, 6) is 1.23. The number of nitrogens with one attached hydrogen (secondary N) is 1. The third-order valence-electron chi connectivity index (χ3n) is 4.06. The van der Waals surface area contributed by atoms with E-state index in [-0.39, 0.29) is 5.91 Å². The van der Waals surface area contributed by atoms with Gasteiger partial charge in [-0.2, -0.15) is 0 Å². The summed E-state index contributed by atoms with van der Waals surface area (Å²) in [7, 11) is 0. The molecular weight excluding hydrogens is 442 g/mol. The molecule has 4 nitrogen and oxygen atoms in total. The van der Waals surface area contributed by atoms with Crippen molar-refractivity contribution < 1.29 is 14.3 Å². The van der Waals surface area contributed by atoms with Gasteiger partial charge in [-0.05, 0) is 70.9 Å². The number of anilines is 1. The highest BCUT2D eigenvalue weighted by molar-refractivity contribution is 9.10. The van der Waals surface area contributed by atoms with Crippen LogP contribution in [0.3, 0.4) is 0 Å². The lowest BCUT2D eigenvalue weighted by Gasteiger charge is -2.12. The van der Waals surface area contributed by atoms with Crippen LogP contribution in [-0.4, -0.2) is 19.1 Å². The van der Waals surface area contributed by atoms with E-state index in [0.29, 0.717) is 39.7 Å². The Hall–Kier alpha value is -2.50. The molecule has 3 aromatic carbocycles. The van der Waals surface area contributed by atoms with E-state index >= 15 is 0 Å². The minimum absolute atomic E-state index is 0.218. The van der Waals surface area contributed by atoms with Crippen LogP contribution in [0.4, 0.5) is 5.69 Å². The fourth-order valence-corrected chi connectivity index (χ4v) is 3.19. The molecule has 0 unspecified atom stereocenters. The number of benzene rings is 3. The highest BCUT2D eigenvalue weighted by Crippen LogP contribution is 2.27. The molecule has 144 valence electrons. The Kier molecular flexibility index (Phi) is 6.95. The second kappa shape index (κ2) is 9.62. The van der Waals surface area contributed by atoms with Gasteiger partial charge in [0.1, 0.15) is 24.7 Å². The van der Waals surface area contributed by atoms with Gasteiger partial charge in [0.25, 0.3) is 5.91 Å². The summed E-state index contributed by atoms with van der Waals surface area (Å²) >= 11 is 9.56. The van der Waals surface area contributed by atoms with E-state index in [1.165, 1.54) is 0 Å². The number of carbonyl (C=O) groups is 1. The molecule has 0 spiro atoms. The van der Waals surface area contributed by atoms with Gasteiger partial charge in [0, 0.05) is 16.3 Å². The molecule has 0 saturated heterocycles. The van der Waals surface area contributed by atoms with Gasteiger partial charge in [-0.25, -0.2) is 0 Å². The second-order valence-electron chi connectivity index (χ2n) is 6.02. The summed E-state index contributed by atoms with van der Waals surface area (Å²) in [6, 6.07) is 20.2. The highest BCUT2D eigenvalue weighted by Gasteiger charge is 2.11. The maximum absolute atomic E-state index is 12.5. The summed E-state index contributed by atoms with van der Waals surface area (Å²) in [6.07, 6.45) is 0. The fraction of sp³-hybridized carbons (Fsp3) is 0.136. The number of hydrogen-bond acceptors (Lipinski definition) is 3. The molecule has 0 aliphatic carbocycles. The Morgan fingerprint density at radius 1 is 1.00 bits per heavy atom. The minimum atomic E-state index is -0.218. The topological polar surface area (TPSA) is 47.6 Å². The molecule has 0 aromatic heterocycles. The van der Waals surface area contributed by atoms with Gasteiger partial charge < -0.3 is 14.8 Å². The summed E-state index contributed by atoms with van der Waals surface area (Å²) in [4.78, 5) is 12.5. The first kappa shape index (κ1) is 20.2. The third-order valence-corrected chi connectivity index (χ3v) is 5.09. The monoisotopic (exact) mass is 459 g/mol. The van der Waals surface area contributed by atoms with Crippen molar-refractivity contribution >= 4 is 39.1 Å². The van der Waals surface area contributed by atoms with Crippen molar-refractivity contribution in [3.8, 4) is 11.5 Å². The fourth-order valence-electron chi connectivity index (χ4n) is 2.52. The molecule has 1 N–H and O–H groups in total. The van der Waals surface area contributed by atoms with Crippen LogP contribution in [0.15, 0.2) is 71.2 Å². The van der Waals surface area contributed by atoms with Crippen LogP contribution in [0, 0.1) is 6.92 Å². The second-order valence-corrected chi connectivity index (χ2v) is 7.28. The summed E-state index contributed by atoms with van der Waals surface area (Å²) in [5, 5.41) is 3.49. The molecule has 28 heavy (non-hydrogen) atoms. The van der Waals surface area contributed by atoms with E-state index in [1.807, 2.05) is 43.3 Å². The van der Waals surface area contributed by atoms with Gasteiger partial charge >= 0.3 is 0 Å². The SMILES string of the molecule is Cc1c(Cl)cccc1NC(=O)c1ccc(OCCOc2ccccc2)c(Br)c1. The van der Waals surface area contributed by atoms with Crippen LogP contribution in [0.25, 0.3) is 0 Å². The average molecular weight is 461 g/mol. The zero-order chi connectivity index (χ0) is 19.9. The van der Waals surface area contributed by atoms with Crippen LogP contribution >= 0.6 is 27.5 Å². The number of hydrogen-bond donors (Lipinski definition) is 1. The van der Waals surface area contributed by atoms with E-state index in [0.717, 1.165) is 11.3 Å². The molecule has 6 heteroatoms. The van der Waals surface area contributed by atoms with Gasteiger partial charge in [-0.15, -0.1) is 0 Å². The Morgan fingerprint density at radius 2 is 1.75 bits per heavy atom. The minimum Gasteiger partial charge on any atom is -0.490 e. The average Bonchev–Trinajstić information content (AvgIpc) is 2.70. The van der Waals surface area contributed by atoms with Crippen LogP contribution in [0.1, 0.15) is 15.9 Å². The van der Waals surface area contributed by atoms with E-state index in [2.05, 4.69) is 21.2 Å². The summed E-state index contributed by atoms with van der Waals surface area (Å²) in [5.41, 5.74) is 2.03. The number of rotatable bonds is 7. The smallest absolute Gasteiger partial charge is 0.255 e. The number of amides is 1. The maximum Gasteiger partial charge on any atom is 0.255 e. The normalized spacial score (nSPS) is 10.4. The lowest BCUT2D eigenvalue weighted by molar-refractivity contribution is 0.102. The molecule has 0 aliphatic rings. The van der Waals surface area contributed by atoms with Crippen molar-refractivity contribution in [2.45, 2.75) is 6.92 Å². The third kappa shape index (κ3) is 5.27. The number of ether oxygens (including phenoxy) is 2. The zero-order valence-electron chi connectivity index (χ0n) is 15.2. The lowest BCUT2D eigenvalue weighted by atomic mass is 10.1. The molecule has 0 atom stereocenters. The van der Waals surface area contributed by atoms with Crippen molar-refractivity contribution in [1.29, 1.82) is 0 Å². The number of halogens is 2. The number of para-hydroxylation sites is 1. The number of carbonyl (C=O) groups excluding carboxylic acids is 1. The van der Waals surface area contributed by atoms with Crippen molar-refractivity contribution in [3.63, 3.8) is 0 Å². The van der Waals surface area contributed by atoms with Crippen LogP contribution < -0.4 is 14.8 Å². The Balaban J connectivity index is 1.57. The van der Waals surface area contributed by atoms with Crippen LogP contribution in [0.2, 0.25) is 5.02 Å².